The van der Waals surface area contributed by atoms with Gasteiger partial charge in [0.15, 0.2) is 5.60 Å². The Bertz CT molecular complexity index is 347. The Morgan fingerprint density at radius 1 is 1.37 bits per heavy atom. The van der Waals surface area contributed by atoms with E-state index < -0.39 is 24.6 Å². The van der Waals surface area contributed by atoms with Gasteiger partial charge in [-0.3, -0.25) is 9.69 Å². The number of likely N-dealkylation sites (N-methyl/N-ethyl adjacent to an activating group) is 1. The summed E-state index contributed by atoms with van der Waals surface area (Å²) >= 11 is 0. The van der Waals surface area contributed by atoms with E-state index in [1.54, 1.807) is 0 Å². The summed E-state index contributed by atoms with van der Waals surface area (Å²) in [7, 11) is 1.85. The number of halogens is 3. The van der Waals surface area contributed by atoms with Crippen molar-refractivity contribution < 1.29 is 23.1 Å². The smallest absolute Gasteiger partial charge is 0.380 e. The van der Waals surface area contributed by atoms with Crippen LogP contribution in [0.2, 0.25) is 0 Å². The molecule has 1 N–H and O–H groups in total. The molecule has 0 aromatic carbocycles. The predicted octanol–water partition coefficient (Wildman–Crippen LogP) is 0.996. The van der Waals surface area contributed by atoms with E-state index in [4.69, 9.17) is 0 Å². The minimum atomic E-state index is -4.62. The molecule has 19 heavy (non-hydrogen) atoms. The summed E-state index contributed by atoms with van der Waals surface area (Å²) in [6.07, 6.45) is -3.33. The van der Waals surface area contributed by atoms with Crippen molar-refractivity contribution in [1.29, 1.82) is 0 Å². The van der Waals surface area contributed by atoms with Crippen LogP contribution in [0, 0.1) is 0 Å². The van der Waals surface area contributed by atoms with Gasteiger partial charge in [0.1, 0.15) is 0 Å². The highest BCUT2D eigenvalue weighted by atomic mass is 19.4. The standard InChI is InChI=1S/C12H19F3N2O2/c1-16(9-2-3-9)8-10(18)17-6-4-11(19,5-7-17)12(13,14)15/h9,19H,2-8H2,1H3. The number of carbonyl (C=O) groups excluding carboxylic acids is 1. The van der Waals surface area contributed by atoms with Crippen molar-refractivity contribution >= 4 is 5.91 Å². The second-order valence-electron chi connectivity index (χ2n) is 5.56. The topological polar surface area (TPSA) is 43.8 Å². The monoisotopic (exact) mass is 280 g/mol. The number of likely N-dealkylation sites (tertiary alicyclic amines) is 1. The molecular formula is C12H19F3N2O2. The van der Waals surface area contributed by atoms with Crippen molar-refractivity contribution in [3.63, 3.8) is 0 Å². The number of nitrogens with zero attached hydrogens (tertiary/aromatic N) is 2. The van der Waals surface area contributed by atoms with Crippen molar-refractivity contribution in [3.05, 3.63) is 0 Å². The number of piperidine rings is 1. The van der Waals surface area contributed by atoms with E-state index in [2.05, 4.69) is 0 Å². The molecule has 0 aromatic heterocycles. The number of rotatable bonds is 3. The molecule has 0 bridgehead atoms. The van der Waals surface area contributed by atoms with E-state index in [1.807, 2.05) is 11.9 Å². The average Bonchev–Trinajstić information content (AvgIpc) is 3.11. The van der Waals surface area contributed by atoms with Crippen LogP contribution in [0.1, 0.15) is 25.7 Å². The Hall–Kier alpha value is -0.820. The van der Waals surface area contributed by atoms with Crippen LogP contribution < -0.4 is 0 Å². The van der Waals surface area contributed by atoms with Crippen LogP contribution in [-0.2, 0) is 4.79 Å². The molecule has 110 valence electrons. The molecule has 2 rings (SSSR count). The Morgan fingerprint density at radius 2 is 1.89 bits per heavy atom. The fraction of sp³-hybridized carbons (Fsp3) is 0.917. The number of amides is 1. The van der Waals surface area contributed by atoms with Crippen molar-refractivity contribution in [2.45, 2.75) is 43.5 Å². The van der Waals surface area contributed by atoms with E-state index in [0.717, 1.165) is 12.8 Å². The van der Waals surface area contributed by atoms with Gasteiger partial charge in [-0.15, -0.1) is 0 Å². The van der Waals surface area contributed by atoms with Gasteiger partial charge in [-0.05, 0) is 19.9 Å². The molecule has 0 aromatic rings. The molecule has 1 heterocycles. The fourth-order valence-electron chi connectivity index (χ4n) is 2.37. The summed E-state index contributed by atoms with van der Waals surface area (Å²) in [5, 5.41) is 9.51. The van der Waals surface area contributed by atoms with E-state index in [1.165, 1.54) is 4.90 Å². The Balaban J connectivity index is 1.84. The minimum Gasteiger partial charge on any atom is -0.380 e. The van der Waals surface area contributed by atoms with E-state index in [9.17, 15) is 23.1 Å². The van der Waals surface area contributed by atoms with Crippen LogP contribution in [0.5, 0.6) is 0 Å². The summed E-state index contributed by atoms with van der Waals surface area (Å²) in [4.78, 5) is 15.3. The highest BCUT2D eigenvalue weighted by Crippen LogP contribution is 2.38. The minimum absolute atomic E-state index is 0.0344. The van der Waals surface area contributed by atoms with E-state index in [-0.39, 0.29) is 25.5 Å². The first-order valence-electron chi connectivity index (χ1n) is 6.50. The van der Waals surface area contributed by atoms with Gasteiger partial charge < -0.3 is 10.0 Å². The lowest BCUT2D eigenvalue weighted by Gasteiger charge is -2.39. The first-order chi connectivity index (χ1) is 8.73. The quantitative estimate of drug-likeness (QED) is 0.838. The third-order valence-corrected chi connectivity index (χ3v) is 4.03. The van der Waals surface area contributed by atoms with Gasteiger partial charge in [-0.1, -0.05) is 0 Å². The van der Waals surface area contributed by atoms with Gasteiger partial charge in [0.05, 0.1) is 6.54 Å². The molecular weight excluding hydrogens is 261 g/mol. The molecule has 2 fully saturated rings. The van der Waals surface area contributed by atoms with Gasteiger partial charge in [-0.25, -0.2) is 0 Å². The van der Waals surface area contributed by atoms with Crippen LogP contribution in [0.15, 0.2) is 0 Å². The molecule has 0 spiro atoms. The normalized spacial score (nSPS) is 23.8. The zero-order valence-electron chi connectivity index (χ0n) is 10.9. The summed E-state index contributed by atoms with van der Waals surface area (Å²) in [6.45, 7) is 0.176. The molecule has 0 radical (unpaired) electrons. The van der Waals surface area contributed by atoms with Crippen LogP contribution >= 0.6 is 0 Å². The van der Waals surface area contributed by atoms with Crippen molar-refractivity contribution in [3.8, 4) is 0 Å². The fourth-order valence-corrected chi connectivity index (χ4v) is 2.37. The number of aliphatic hydroxyl groups is 1. The molecule has 1 aliphatic heterocycles. The lowest BCUT2D eigenvalue weighted by Crippen LogP contribution is -2.55. The first-order valence-corrected chi connectivity index (χ1v) is 6.50. The predicted molar refractivity (Wildman–Crippen MR) is 62.5 cm³/mol. The van der Waals surface area contributed by atoms with Crippen molar-refractivity contribution in [2.24, 2.45) is 0 Å². The van der Waals surface area contributed by atoms with E-state index in [0.29, 0.717) is 6.04 Å². The van der Waals surface area contributed by atoms with Gasteiger partial charge in [0.25, 0.3) is 0 Å². The maximum Gasteiger partial charge on any atom is 0.417 e. The van der Waals surface area contributed by atoms with Crippen molar-refractivity contribution in [1.82, 2.24) is 9.80 Å². The van der Waals surface area contributed by atoms with Gasteiger partial charge >= 0.3 is 6.18 Å². The summed E-state index contributed by atoms with van der Waals surface area (Å²) < 4.78 is 37.8. The Morgan fingerprint density at radius 3 is 2.32 bits per heavy atom. The van der Waals surface area contributed by atoms with Crippen molar-refractivity contribution in [2.75, 3.05) is 26.7 Å². The third kappa shape index (κ3) is 3.20. The average molecular weight is 280 g/mol. The maximum absolute atomic E-state index is 12.6. The second kappa shape index (κ2) is 4.94. The largest absolute Gasteiger partial charge is 0.417 e. The number of hydrogen-bond acceptors (Lipinski definition) is 3. The van der Waals surface area contributed by atoms with Gasteiger partial charge in [0.2, 0.25) is 5.91 Å². The summed E-state index contributed by atoms with van der Waals surface area (Å²) in [5.74, 6) is -0.154. The number of alkyl halides is 3. The molecule has 1 saturated carbocycles. The summed E-state index contributed by atoms with van der Waals surface area (Å²) in [6, 6.07) is 0.445. The molecule has 1 aliphatic carbocycles. The van der Waals surface area contributed by atoms with Crippen LogP contribution in [0.25, 0.3) is 0 Å². The van der Waals surface area contributed by atoms with E-state index >= 15 is 0 Å². The van der Waals surface area contributed by atoms with Gasteiger partial charge in [0, 0.05) is 32.0 Å². The molecule has 0 atom stereocenters. The zero-order chi connectivity index (χ0) is 14.3. The number of carbonyl (C=O) groups is 1. The Labute approximate surface area is 110 Å². The van der Waals surface area contributed by atoms with Crippen LogP contribution in [-0.4, -0.2) is 65.3 Å². The molecule has 0 unspecified atom stereocenters. The lowest BCUT2D eigenvalue weighted by molar-refractivity contribution is -0.272. The second-order valence-corrected chi connectivity index (χ2v) is 5.56. The zero-order valence-corrected chi connectivity index (χ0v) is 10.9. The third-order valence-electron chi connectivity index (χ3n) is 4.03. The maximum atomic E-state index is 12.6. The first kappa shape index (κ1) is 14.6. The Kier molecular flexibility index (Phi) is 3.79. The molecule has 1 saturated heterocycles. The summed E-state index contributed by atoms with van der Waals surface area (Å²) in [5.41, 5.74) is -2.63. The molecule has 7 heteroatoms. The number of hydrogen-bond donors (Lipinski definition) is 1. The molecule has 2 aliphatic rings. The highest BCUT2D eigenvalue weighted by Gasteiger charge is 2.54. The molecule has 1 amide bonds. The van der Waals surface area contributed by atoms with Crippen LogP contribution in [0.4, 0.5) is 13.2 Å². The van der Waals surface area contributed by atoms with Crippen LogP contribution in [0.3, 0.4) is 0 Å². The van der Waals surface area contributed by atoms with Gasteiger partial charge in [-0.2, -0.15) is 13.2 Å². The lowest BCUT2D eigenvalue weighted by atomic mass is 9.91. The SMILES string of the molecule is CN(CC(=O)N1CCC(O)(C(F)(F)F)CC1)C1CC1. The highest BCUT2D eigenvalue weighted by molar-refractivity contribution is 5.78. The molecule has 4 nitrogen and oxygen atoms in total.